The third kappa shape index (κ3) is 2.32. The lowest BCUT2D eigenvalue weighted by atomic mass is 10.1. The molecule has 1 N–H and O–H groups in total. The van der Waals surface area contributed by atoms with Crippen LogP contribution in [0.1, 0.15) is 18.5 Å². The Morgan fingerprint density at radius 2 is 1.91 bits per heavy atom. The number of pyridine rings is 1. The third-order valence-corrected chi connectivity index (χ3v) is 4.01. The second kappa shape index (κ2) is 5.39. The van der Waals surface area contributed by atoms with Crippen molar-refractivity contribution in [1.82, 2.24) is 14.3 Å². The van der Waals surface area contributed by atoms with E-state index in [0.29, 0.717) is 5.65 Å². The molecule has 0 aliphatic carbocycles. The fraction of sp³-hybridized carbons (Fsp3) is 0.235. The molecule has 6 nitrogen and oxygen atoms in total. The Balaban J connectivity index is 2.43. The average molecular weight is 311 g/mol. The van der Waals surface area contributed by atoms with Crippen LogP contribution in [0.3, 0.4) is 0 Å². The standard InChI is InChI=1S/C17H17N3O3/c1-10-9-13(21)20(11(2)17(22)23)16-14(10)15(18-19(16)3)12-7-5-4-6-8-12/h4-9,11H,1-3H3,(H,22,23). The van der Waals surface area contributed by atoms with Gasteiger partial charge in [0.1, 0.15) is 17.4 Å². The summed E-state index contributed by atoms with van der Waals surface area (Å²) in [6.07, 6.45) is 0. The van der Waals surface area contributed by atoms with E-state index in [4.69, 9.17) is 0 Å². The fourth-order valence-electron chi connectivity index (χ4n) is 2.87. The number of nitrogens with zero attached hydrogens (tertiary/aromatic N) is 3. The molecule has 0 bridgehead atoms. The van der Waals surface area contributed by atoms with Gasteiger partial charge in [-0.1, -0.05) is 30.3 Å². The van der Waals surface area contributed by atoms with E-state index < -0.39 is 12.0 Å². The zero-order chi connectivity index (χ0) is 16.7. The number of carboxylic acids is 1. The molecule has 0 amide bonds. The SMILES string of the molecule is Cc1cc(=O)n(C(C)C(=O)O)c2c1c(-c1ccccc1)nn2C. The number of hydrogen-bond acceptors (Lipinski definition) is 3. The van der Waals surface area contributed by atoms with Crippen molar-refractivity contribution >= 4 is 17.0 Å². The quantitative estimate of drug-likeness (QED) is 0.805. The Hall–Kier alpha value is -2.89. The molecule has 118 valence electrons. The first-order valence-corrected chi connectivity index (χ1v) is 7.29. The van der Waals surface area contributed by atoms with E-state index in [0.717, 1.165) is 22.2 Å². The molecule has 0 fully saturated rings. The minimum absolute atomic E-state index is 0.340. The van der Waals surface area contributed by atoms with Crippen LogP contribution in [0, 0.1) is 6.92 Å². The minimum Gasteiger partial charge on any atom is -0.480 e. The smallest absolute Gasteiger partial charge is 0.326 e. The maximum atomic E-state index is 12.4. The molecule has 23 heavy (non-hydrogen) atoms. The molecule has 0 aliphatic heterocycles. The first-order chi connectivity index (χ1) is 10.9. The number of benzene rings is 1. The van der Waals surface area contributed by atoms with Gasteiger partial charge >= 0.3 is 5.97 Å². The molecule has 0 spiro atoms. The summed E-state index contributed by atoms with van der Waals surface area (Å²) in [6, 6.07) is 10.1. The van der Waals surface area contributed by atoms with Crippen molar-refractivity contribution in [2.75, 3.05) is 0 Å². The predicted molar refractivity (Wildman–Crippen MR) is 87.5 cm³/mol. The first-order valence-electron chi connectivity index (χ1n) is 7.29. The average Bonchev–Trinajstić information content (AvgIpc) is 2.86. The lowest BCUT2D eigenvalue weighted by molar-refractivity contribution is -0.140. The monoisotopic (exact) mass is 311 g/mol. The molecule has 2 heterocycles. The summed E-state index contributed by atoms with van der Waals surface area (Å²) in [4.78, 5) is 23.7. The van der Waals surface area contributed by atoms with Gasteiger partial charge < -0.3 is 5.11 Å². The van der Waals surface area contributed by atoms with Gasteiger partial charge in [0.05, 0.1) is 0 Å². The lowest BCUT2D eigenvalue weighted by Crippen LogP contribution is -2.29. The Labute approximate surface area is 132 Å². The van der Waals surface area contributed by atoms with Crippen LogP contribution in [-0.4, -0.2) is 25.4 Å². The number of rotatable bonds is 3. The van der Waals surface area contributed by atoms with Crippen molar-refractivity contribution in [3.63, 3.8) is 0 Å². The van der Waals surface area contributed by atoms with E-state index in [1.54, 1.807) is 11.7 Å². The minimum atomic E-state index is -1.06. The van der Waals surface area contributed by atoms with Crippen LogP contribution in [0.2, 0.25) is 0 Å². The van der Waals surface area contributed by atoms with Crippen LogP contribution in [-0.2, 0) is 11.8 Å². The Kier molecular flexibility index (Phi) is 3.52. The van der Waals surface area contributed by atoms with Gasteiger partial charge in [0, 0.05) is 24.1 Å². The van der Waals surface area contributed by atoms with Crippen LogP contribution in [0.4, 0.5) is 0 Å². The van der Waals surface area contributed by atoms with E-state index in [9.17, 15) is 14.7 Å². The molecule has 1 aromatic carbocycles. The van der Waals surface area contributed by atoms with Crippen molar-refractivity contribution in [2.45, 2.75) is 19.9 Å². The van der Waals surface area contributed by atoms with E-state index >= 15 is 0 Å². The van der Waals surface area contributed by atoms with E-state index in [1.807, 2.05) is 37.3 Å². The number of aliphatic carboxylic acids is 1. The molecule has 3 aromatic rings. The normalized spacial score (nSPS) is 12.5. The van der Waals surface area contributed by atoms with E-state index in [1.165, 1.54) is 17.6 Å². The summed E-state index contributed by atoms with van der Waals surface area (Å²) < 4.78 is 2.86. The van der Waals surface area contributed by atoms with Crippen molar-refractivity contribution in [3.8, 4) is 11.3 Å². The molecule has 0 saturated heterocycles. The van der Waals surface area contributed by atoms with Gasteiger partial charge in [0.25, 0.3) is 5.56 Å². The summed E-state index contributed by atoms with van der Waals surface area (Å²) in [6.45, 7) is 3.33. The summed E-state index contributed by atoms with van der Waals surface area (Å²) in [5, 5.41) is 14.6. The highest BCUT2D eigenvalue weighted by Crippen LogP contribution is 2.30. The molecule has 0 saturated carbocycles. The zero-order valence-corrected chi connectivity index (χ0v) is 13.1. The molecular weight excluding hydrogens is 294 g/mol. The first kappa shape index (κ1) is 15.0. The number of fused-ring (bicyclic) bond motifs is 1. The summed E-state index contributed by atoms with van der Waals surface area (Å²) in [7, 11) is 1.72. The number of hydrogen-bond donors (Lipinski definition) is 1. The van der Waals surface area contributed by atoms with Crippen LogP contribution < -0.4 is 5.56 Å². The Morgan fingerprint density at radius 3 is 2.52 bits per heavy atom. The molecule has 1 atom stereocenters. The van der Waals surface area contributed by atoms with Gasteiger partial charge in [0.2, 0.25) is 0 Å². The molecule has 6 heteroatoms. The van der Waals surface area contributed by atoms with Crippen molar-refractivity contribution in [1.29, 1.82) is 0 Å². The highest BCUT2D eigenvalue weighted by molar-refractivity contribution is 5.94. The highest BCUT2D eigenvalue weighted by atomic mass is 16.4. The zero-order valence-electron chi connectivity index (χ0n) is 13.1. The summed E-state index contributed by atoms with van der Waals surface area (Å²) >= 11 is 0. The van der Waals surface area contributed by atoms with Crippen LogP contribution >= 0.6 is 0 Å². The molecule has 0 radical (unpaired) electrons. The number of aromatic nitrogens is 3. The fourth-order valence-corrected chi connectivity index (χ4v) is 2.87. The van der Waals surface area contributed by atoms with Crippen LogP contribution in [0.15, 0.2) is 41.2 Å². The summed E-state index contributed by atoms with van der Waals surface area (Å²) in [5.41, 5.74) is 2.63. The van der Waals surface area contributed by atoms with Gasteiger partial charge in [-0.15, -0.1) is 0 Å². The summed E-state index contributed by atoms with van der Waals surface area (Å²) in [5.74, 6) is -1.06. The molecule has 2 aromatic heterocycles. The van der Waals surface area contributed by atoms with Crippen molar-refractivity contribution in [3.05, 3.63) is 52.3 Å². The molecule has 3 rings (SSSR count). The van der Waals surface area contributed by atoms with Gasteiger partial charge in [-0.25, -0.2) is 4.79 Å². The molecule has 1 unspecified atom stereocenters. The van der Waals surface area contributed by atoms with Crippen LogP contribution in [0.25, 0.3) is 22.3 Å². The number of aryl methyl sites for hydroxylation is 2. The number of carboxylic acid groups (broad SMARTS) is 1. The van der Waals surface area contributed by atoms with Gasteiger partial charge in [-0.3, -0.25) is 14.0 Å². The Morgan fingerprint density at radius 1 is 1.26 bits per heavy atom. The topological polar surface area (TPSA) is 77.1 Å². The highest BCUT2D eigenvalue weighted by Gasteiger charge is 2.23. The van der Waals surface area contributed by atoms with Crippen LogP contribution in [0.5, 0.6) is 0 Å². The van der Waals surface area contributed by atoms with E-state index in [2.05, 4.69) is 5.10 Å². The maximum Gasteiger partial charge on any atom is 0.326 e. The van der Waals surface area contributed by atoms with Crippen molar-refractivity contribution < 1.29 is 9.90 Å². The van der Waals surface area contributed by atoms with Crippen molar-refractivity contribution in [2.24, 2.45) is 7.05 Å². The van der Waals surface area contributed by atoms with Gasteiger partial charge in [-0.2, -0.15) is 5.10 Å². The Bertz CT molecular complexity index is 955. The van der Waals surface area contributed by atoms with E-state index in [-0.39, 0.29) is 5.56 Å². The number of carbonyl (C=O) groups is 1. The molecular formula is C17H17N3O3. The van der Waals surface area contributed by atoms with Gasteiger partial charge in [0.15, 0.2) is 0 Å². The largest absolute Gasteiger partial charge is 0.480 e. The third-order valence-electron chi connectivity index (χ3n) is 4.01. The lowest BCUT2D eigenvalue weighted by Gasteiger charge is -2.14. The second-order valence-corrected chi connectivity index (χ2v) is 5.59. The maximum absolute atomic E-state index is 12.4. The van der Waals surface area contributed by atoms with Gasteiger partial charge in [-0.05, 0) is 19.4 Å². The molecule has 0 aliphatic rings. The predicted octanol–water partition coefficient (Wildman–Crippen LogP) is 2.36. The second-order valence-electron chi connectivity index (χ2n) is 5.59.